The van der Waals surface area contributed by atoms with Gasteiger partial charge in [0.15, 0.2) is 0 Å². The van der Waals surface area contributed by atoms with Crippen molar-refractivity contribution in [2.45, 2.75) is 18.2 Å². The third kappa shape index (κ3) is 3.04. The molecule has 4 heteroatoms. The van der Waals surface area contributed by atoms with Crippen LogP contribution in [0.1, 0.15) is 28.5 Å². The van der Waals surface area contributed by atoms with Gasteiger partial charge < -0.3 is 9.47 Å². The first kappa shape index (κ1) is 14.7. The second-order valence-electron chi connectivity index (χ2n) is 5.08. The molecule has 0 amide bonds. The van der Waals surface area contributed by atoms with Gasteiger partial charge in [-0.3, -0.25) is 0 Å². The molecular formula is C17H16BrClO2. The van der Waals surface area contributed by atoms with Crippen LogP contribution in [0.25, 0.3) is 0 Å². The fraction of sp³-hybridized carbons (Fsp3) is 0.294. The first-order chi connectivity index (χ1) is 10.2. The van der Waals surface area contributed by atoms with Crippen LogP contribution < -0.4 is 9.47 Å². The average Bonchev–Trinajstić information content (AvgIpc) is 2.53. The van der Waals surface area contributed by atoms with Crippen LogP contribution in [0.5, 0.6) is 11.5 Å². The van der Waals surface area contributed by atoms with E-state index in [0.29, 0.717) is 0 Å². The minimum atomic E-state index is -0.181. The van der Waals surface area contributed by atoms with Crippen LogP contribution in [0.2, 0.25) is 0 Å². The van der Waals surface area contributed by atoms with Gasteiger partial charge in [-0.2, -0.15) is 0 Å². The second-order valence-corrected chi connectivity index (χ2v) is 6.37. The van der Waals surface area contributed by atoms with Gasteiger partial charge in [0.1, 0.15) is 11.5 Å². The van der Waals surface area contributed by atoms with Crippen molar-refractivity contribution in [1.29, 1.82) is 0 Å². The van der Waals surface area contributed by atoms with E-state index in [2.05, 4.69) is 22.0 Å². The molecule has 1 unspecified atom stereocenters. The van der Waals surface area contributed by atoms with E-state index < -0.39 is 0 Å². The molecule has 110 valence electrons. The highest BCUT2D eigenvalue weighted by Gasteiger charge is 2.16. The van der Waals surface area contributed by atoms with Crippen LogP contribution in [0.15, 0.2) is 40.9 Å². The monoisotopic (exact) mass is 366 g/mol. The summed E-state index contributed by atoms with van der Waals surface area (Å²) in [5.41, 5.74) is 3.39. The number of fused-ring (bicyclic) bond motifs is 1. The lowest BCUT2D eigenvalue weighted by atomic mass is 9.98. The summed E-state index contributed by atoms with van der Waals surface area (Å²) in [6.45, 7) is 0.808. The zero-order valence-electron chi connectivity index (χ0n) is 11.7. The van der Waals surface area contributed by atoms with E-state index in [0.717, 1.165) is 46.5 Å². The lowest BCUT2D eigenvalue weighted by Gasteiger charge is -2.19. The highest BCUT2D eigenvalue weighted by Crippen LogP contribution is 2.36. The number of hydrogen-bond donors (Lipinski definition) is 0. The largest absolute Gasteiger partial charge is 0.496 e. The normalized spacial score (nSPS) is 15.0. The van der Waals surface area contributed by atoms with Crippen molar-refractivity contribution in [3.63, 3.8) is 0 Å². The van der Waals surface area contributed by atoms with Crippen molar-refractivity contribution in [2.24, 2.45) is 0 Å². The molecule has 2 aromatic rings. The molecule has 1 aliphatic rings. The number of ether oxygens (including phenoxy) is 2. The maximum absolute atomic E-state index is 6.64. The molecule has 1 heterocycles. The van der Waals surface area contributed by atoms with Crippen LogP contribution in [-0.2, 0) is 6.42 Å². The molecule has 0 fully saturated rings. The van der Waals surface area contributed by atoms with Crippen molar-refractivity contribution < 1.29 is 9.47 Å². The molecule has 0 aromatic heterocycles. The summed E-state index contributed by atoms with van der Waals surface area (Å²) in [6.07, 6.45) is 2.12. The van der Waals surface area contributed by atoms with Gasteiger partial charge >= 0.3 is 0 Å². The fourth-order valence-corrected chi connectivity index (χ4v) is 3.40. The van der Waals surface area contributed by atoms with Gasteiger partial charge in [0.2, 0.25) is 0 Å². The summed E-state index contributed by atoms with van der Waals surface area (Å²) >= 11 is 10.1. The van der Waals surface area contributed by atoms with Crippen molar-refractivity contribution in [1.82, 2.24) is 0 Å². The van der Waals surface area contributed by atoms with E-state index in [1.807, 2.05) is 30.3 Å². The maximum atomic E-state index is 6.64. The number of hydrogen-bond acceptors (Lipinski definition) is 2. The number of methoxy groups -OCH3 is 1. The van der Waals surface area contributed by atoms with E-state index in [1.165, 1.54) is 5.56 Å². The molecule has 0 saturated heterocycles. The van der Waals surface area contributed by atoms with Gasteiger partial charge in [-0.1, -0.05) is 18.2 Å². The number of aryl methyl sites for hydroxylation is 1. The van der Waals surface area contributed by atoms with E-state index in [9.17, 15) is 0 Å². The van der Waals surface area contributed by atoms with Crippen molar-refractivity contribution in [2.75, 3.05) is 13.7 Å². The first-order valence-electron chi connectivity index (χ1n) is 6.92. The molecule has 21 heavy (non-hydrogen) atoms. The summed E-state index contributed by atoms with van der Waals surface area (Å²) < 4.78 is 11.8. The smallest absolute Gasteiger partial charge is 0.133 e. The Hall–Kier alpha value is -1.19. The van der Waals surface area contributed by atoms with Gasteiger partial charge in [-0.05, 0) is 63.7 Å². The Labute approximate surface area is 138 Å². The lowest BCUT2D eigenvalue weighted by molar-refractivity contribution is 0.288. The Morgan fingerprint density at radius 3 is 2.71 bits per heavy atom. The average molecular weight is 368 g/mol. The SMILES string of the molecule is COc1ccc(C(Cl)c2ccc3c(c2)CCCO3)cc1Br. The molecule has 0 N–H and O–H groups in total. The molecule has 0 spiro atoms. The molecule has 1 atom stereocenters. The Bertz CT molecular complexity index is 657. The van der Waals surface area contributed by atoms with Gasteiger partial charge in [0.05, 0.1) is 23.6 Å². The Kier molecular flexibility index (Phi) is 4.41. The molecule has 2 nitrogen and oxygen atoms in total. The topological polar surface area (TPSA) is 18.5 Å². The zero-order valence-corrected chi connectivity index (χ0v) is 14.1. The van der Waals surface area contributed by atoms with Crippen LogP contribution in [0.3, 0.4) is 0 Å². The predicted molar refractivity (Wildman–Crippen MR) is 88.6 cm³/mol. The van der Waals surface area contributed by atoms with Gasteiger partial charge in [-0.25, -0.2) is 0 Å². The molecule has 0 aliphatic carbocycles. The summed E-state index contributed by atoms with van der Waals surface area (Å²) in [5.74, 6) is 1.80. The molecule has 0 radical (unpaired) electrons. The third-order valence-corrected chi connectivity index (χ3v) is 4.82. The number of benzene rings is 2. The standard InChI is InChI=1S/C17H16BrClO2/c1-20-16-7-5-13(10-14(16)18)17(19)12-4-6-15-11(9-12)3-2-8-21-15/h4-7,9-10,17H,2-3,8H2,1H3. The van der Waals surface area contributed by atoms with Gasteiger partial charge in [0, 0.05) is 0 Å². The fourth-order valence-electron chi connectivity index (χ4n) is 2.57. The Morgan fingerprint density at radius 2 is 1.95 bits per heavy atom. The molecule has 0 bridgehead atoms. The van der Waals surface area contributed by atoms with E-state index in [1.54, 1.807) is 7.11 Å². The minimum absolute atomic E-state index is 0.181. The Morgan fingerprint density at radius 1 is 1.19 bits per heavy atom. The highest BCUT2D eigenvalue weighted by molar-refractivity contribution is 9.10. The van der Waals surface area contributed by atoms with Crippen molar-refractivity contribution >= 4 is 27.5 Å². The van der Waals surface area contributed by atoms with Crippen LogP contribution >= 0.6 is 27.5 Å². The van der Waals surface area contributed by atoms with E-state index in [-0.39, 0.29) is 5.38 Å². The maximum Gasteiger partial charge on any atom is 0.133 e. The summed E-state index contributed by atoms with van der Waals surface area (Å²) in [6, 6.07) is 12.2. The summed E-state index contributed by atoms with van der Waals surface area (Å²) in [4.78, 5) is 0. The molecule has 0 saturated carbocycles. The molecule has 2 aromatic carbocycles. The van der Waals surface area contributed by atoms with Crippen molar-refractivity contribution in [3.8, 4) is 11.5 Å². The first-order valence-corrected chi connectivity index (χ1v) is 8.15. The van der Waals surface area contributed by atoms with Gasteiger partial charge in [0.25, 0.3) is 0 Å². The summed E-state index contributed by atoms with van der Waals surface area (Å²) in [5, 5.41) is -0.181. The zero-order chi connectivity index (χ0) is 14.8. The van der Waals surface area contributed by atoms with E-state index in [4.69, 9.17) is 21.1 Å². The van der Waals surface area contributed by atoms with Crippen LogP contribution in [0.4, 0.5) is 0 Å². The van der Waals surface area contributed by atoms with E-state index >= 15 is 0 Å². The minimum Gasteiger partial charge on any atom is -0.496 e. The second kappa shape index (κ2) is 6.29. The highest BCUT2D eigenvalue weighted by atomic mass is 79.9. The molecule has 3 rings (SSSR count). The number of halogens is 2. The lowest BCUT2D eigenvalue weighted by Crippen LogP contribution is -2.09. The number of rotatable bonds is 3. The van der Waals surface area contributed by atoms with Gasteiger partial charge in [-0.15, -0.1) is 11.6 Å². The predicted octanol–water partition coefficient (Wildman–Crippen LogP) is 5.11. The number of alkyl halides is 1. The summed E-state index contributed by atoms with van der Waals surface area (Å²) in [7, 11) is 1.65. The third-order valence-electron chi connectivity index (χ3n) is 3.69. The van der Waals surface area contributed by atoms with Crippen molar-refractivity contribution in [3.05, 3.63) is 57.6 Å². The molecule has 1 aliphatic heterocycles. The Balaban J connectivity index is 1.91. The quantitative estimate of drug-likeness (QED) is 0.702. The van der Waals surface area contributed by atoms with Crippen LogP contribution in [-0.4, -0.2) is 13.7 Å². The van der Waals surface area contributed by atoms with Crippen LogP contribution in [0, 0.1) is 0 Å². The molecular weight excluding hydrogens is 352 g/mol.